The molecule has 4 nitrogen and oxygen atoms in total. The zero-order valence-corrected chi connectivity index (χ0v) is 13.0. The molecular formula is C16H19ClN2O2. The Hall–Kier alpha value is -1.55. The number of rotatable bonds is 3. The Balaban J connectivity index is 2.13. The molecule has 0 radical (unpaired) electrons. The highest BCUT2D eigenvalue weighted by molar-refractivity contribution is 6.31. The van der Waals surface area contributed by atoms with Crippen LogP contribution in [0.5, 0.6) is 0 Å². The number of aryl methyl sites for hydroxylation is 1. The van der Waals surface area contributed by atoms with E-state index in [9.17, 15) is 9.90 Å². The highest BCUT2D eigenvalue weighted by atomic mass is 35.5. The smallest absolute Gasteiger partial charge is 0.307 e. The number of fused-ring (bicyclic) bond motifs is 1. The molecule has 1 N–H and O–H groups in total. The van der Waals surface area contributed by atoms with E-state index in [1.54, 1.807) is 0 Å². The Morgan fingerprint density at radius 1 is 1.48 bits per heavy atom. The number of carbonyl (C=O) groups is 1. The van der Waals surface area contributed by atoms with Gasteiger partial charge in [-0.2, -0.15) is 0 Å². The average molecular weight is 307 g/mol. The Morgan fingerprint density at radius 3 is 2.90 bits per heavy atom. The van der Waals surface area contributed by atoms with Crippen molar-refractivity contribution in [3.63, 3.8) is 0 Å². The first-order valence-electron chi connectivity index (χ1n) is 7.39. The summed E-state index contributed by atoms with van der Waals surface area (Å²) in [6.45, 7) is 4.96. The maximum Gasteiger partial charge on any atom is 0.307 e. The third-order valence-corrected chi connectivity index (χ3v) is 4.74. The van der Waals surface area contributed by atoms with Crippen molar-refractivity contribution in [2.75, 3.05) is 0 Å². The van der Waals surface area contributed by atoms with Crippen LogP contribution in [0.3, 0.4) is 0 Å². The number of carboxylic acids is 1. The van der Waals surface area contributed by atoms with E-state index in [1.165, 1.54) is 0 Å². The van der Waals surface area contributed by atoms with E-state index >= 15 is 0 Å². The number of hydrogen-bond donors (Lipinski definition) is 1. The van der Waals surface area contributed by atoms with Gasteiger partial charge in [-0.3, -0.25) is 4.79 Å². The molecule has 5 heteroatoms. The Labute approximate surface area is 128 Å². The topological polar surface area (TPSA) is 55.1 Å². The molecule has 21 heavy (non-hydrogen) atoms. The Bertz CT molecular complexity index is 695. The lowest BCUT2D eigenvalue weighted by atomic mass is 9.95. The molecule has 0 spiro atoms. The molecule has 1 heterocycles. The van der Waals surface area contributed by atoms with Crippen LogP contribution >= 0.6 is 11.6 Å². The van der Waals surface area contributed by atoms with Crippen molar-refractivity contribution >= 4 is 28.6 Å². The molecule has 0 amide bonds. The zero-order valence-electron chi connectivity index (χ0n) is 12.2. The molecule has 0 saturated heterocycles. The van der Waals surface area contributed by atoms with Gasteiger partial charge in [0.2, 0.25) is 0 Å². The van der Waals surface area contributed by atoms with Crippen LogP contribution in [0, 0.1) is 11.8 Å². The number of halogens is 1. The second kappa shape index (κ2) is 5.34. The first-order chi connectivity index (χ1) is 10.0. The SMILES string of the molecule is CCn1c(C2CC(C)CC2C(=O)O)nc2cc(Cl)ccc21. The van der Waals surface area contributed by atoms with E-state index in [2.05, 4.69) is 18.4 Å². The molecule has 1 aliphatic rings. The van der Waals surface area contributed by atoms with Crippen molar-refractivity contribution in [1.82, 2.24) is 9.55 Å². The van der Waals surface area contributed by atoms with E-state index in [-0.39, 0.29) is 11.8 Å². The third kappa shape index (κ3) is 2.42. The van der Waals surface area contributed by atoms with Gasteiger partial charge < -0.3 is 9.67 Å². The van der Waals surface area contributed by atoms with Crippen LogP contribution in [0.15, 0.2) is 18.2 Å². The summed E-state index contributed by atoms with van der Waals surface area (Å²) in [6, 6.07) is 5.67. The molecule has 1 aliphatic carbocycles. The van der Waals surface area contributed by atoms with Gasteiger partial charge in [0.05, 0.1) is 17.0 Å². The number of hydrogen-bond acceptors (Lipinski definition) is 2. The molecule has 1 saturated carbocycles. The first-order valence-corrected chi connectivity index (χ1v) is 7.77. The quantitative estimate of drug-likeness (QED) is 0.935. The van der Waals surface area contributed by atoms with Crippen LogP contribution in [-0.4, -0.2) is 20.6 Å². The minimum absolute atomic E-state index is 0.0105. The van der Waals surface area contributed by atoms with E-state index in [4.69, 9.17) is 16.6 Å². The number of aliphatic carboxylic acids is 1. The number of nitrogens with zero attached hydrogens (tertiary/aromatic N) is 2. The largest absolute Gasteiger partial charge is 0.481 e. The van der Waals surface area contributed by atoms with Gasteiger partial charge in [-0.05, 0) is 43.9 Å². The van der Waals surface area contributed by atoms with Crippen molar-refractivity contribution in [3.8, 4) is 0 Å². The van der Waals surface area contributed by atoms with Crippen molar-refractivity contribution < 1.29 is 9.90 Å². The molecule has 1 fully saturated rings. The monoisotopic (exact) mass is 306 g/mol. The predicted octanol–water partition coefficient (Wildman–Crippen LogP) is 3.92. The van der Waals surface area contributed by atoms with Crippen LogP contribution in [0.2, 0.25) is 5.02 Å². The molecule has 1 aromatic heterocycles. The lowest BCUT2D eigenvalue weighted by Crippen LogP contribution is -2.20. The minimum Gasteiger partial charge on any atom is -0.481 e. The molecular weight excluding hydrogens is 288 g/mol. The summed E-state index contributed by atoms with van der Waals surface area (Å²) >= 11 is 6.04. The van der Waals surface area contributed by atoms with Crippen LogP contribution in [0.25, 0.3) is 11.0 Å². The lowest BCUT2D eigenvalue weighted by molar-refractivity contribution is -0.142. The summed E-state index contributed by atoms with van der Waals surface area (Å²) < 4.78 is 2.13. The zero-order chi connectivity index (χ0) is 15.1. The van der Waals surface area contributed by atoms with E-state index in [0.717, 1.165) is 36.2 Å². The van der Waals surface area contributed by atoms with E-state index < -0.39 is 5.97 Å². The summed E-state index contributed by atoms with van der Waals surface area (Å²) in [5, 5.41) is 10.1. The Kier molecular flexibility index (Phi) is 3.66. The number of imidazole rings is 1. The van der Waals surface area contributed by atoms with Gasteiger partial charge in [-0.1, -0.05) is 18.5 Å². The molecule has 112 valence electrons. The van der Waals surface area contributed by atoms with Crippen molar-refractivity contribution in [2.24, 2.45) is 11.8 Å². The number of aromatic nitrogens is 2. The third-order valence-electron chi connectivity index (χ3n) is 4.50. The van der Waals surface area contributed by atoms with Gasteiger partial charge in [-0.25, -0.2) is 4.98 Å². The predicted molar refractivity (Wildman–Crippen MR) is 82.7 cm³/mol. The van der Waals surface area contributed by atoms with Gasteiger partial charge in [0.1, 0.15) is 5.82 Å². The normalized spacial score (nSPS) is 25.6. The van der Waals surface area contributed by atoms with Gasteiger partial charge in [-0.15, -0.1) is 0 Å². The molecule has 3 atom stereocenters. The lowest BCUT2D eigenvalue weighted by Gasteiger charge is -2.16. The molecule has 1 aromatic carbocycles. The Morgan fingerprint density at radius 2 is 2.24 bits per heavy atom. The fraction of sp³-hybridized carbons (Fsp3) is 0.500. The molecule has 3 unspecified atom stereocenters. The standard InChI is InChI=1S/C16H19ClN2O2/c1-3-19-14-5-4-10(17)8-13(14)18-15(19)11-6-9(2)7-12(11)16(20)21/h4-5,8-9,11-12H,3,6-7H2,1-2H3,(H,20,21). The van der Waals surface area contributed by atoms with Crippen LogP contribution in [0.1, 0.15) is 38.4 Å². The van der Waals surface area contributed by atoms with E-state index in [1.807, 2.05) is 18.2 Å². The van der Waals surface area contributed by atoms with Gasteiger partial charge in [0.15, 0.2) is 0 Å². The fourth-order valence-electron chi connectivity index (χ4n) is 3.59. The number of benzene rings is 1. The van der Waals surface area contributed by atoms with Gasteiger partial charge in [0, 0.05) is 17.5 Å². The molecule has 2 aromatic rings. The summed E-state index contributed by atoms with van der Waals surface area (Å²) in [6.07, 6.45) is 1.61. The first kappa shape index (κ1) is 14.4. The maximum atomic E-state index is 11.5. The fourth-order valence-corrected chi connectivity index (χ4v) is 3.75. The van der Waals surface area contributed by atoms with Crippen molar-refractivity contribution in [1.29, 1.82) is 0 Å². The van der Waals surface area contributed by atoms with E-state index in [0.29, 0.717) is 10.9 Å². The van der Waals surface area contributed by atoms with Crippen molar-refractivity contribution in [3.05, 3.63) is 29.0 Å². The maximum absolute atomic E-state index is 11.5. The van der Waals surface area contributed by atoms with Crippen LogP contribution in [-0.2, 0) is 11.3 Å². The summed E-state index contributed by atoms with van der Waals surface area (Å²) in [5.41, 5.74) is 1.88. The summed E-state index contributed by atoms with van der Waals surface area (Å²) in [4.78, 5) is 16.3. The van der Waals surface area contributed by atoms with Crippen molar-refractivity contribution in [2.45, 2.75) is 39.2 Å². The second-order valence-electron chi connectivity index (χ2n) is 5.98. The summed E-state index contributed by atoms with van der Waals surface area (Å²) in [5.74, 6) is 0.259. The van der Waals surface area contributed by atoms with Gasteiger partial charge in [0.25, 0.3) is 0 Å². The highest BCUT2D eigenvalue weighted by Crippen LogP contribution is 2.43. The minimum atomic E-state index is -0.711. The van der Waals surface area contributed by atoms with Crippen LogP contribution < -0.4 is 0 Å². The molecule has 0 aliphatic heterocycles. The average Bonchev–Trinajstić information content (AvgIpc) is 2.98. The summed E-state index contributed by atoms with van der Waals surface area (Å²) in [7, 11) is 0. The molecule has 3 rings (SSSR count). The highest BCUT2D eigenvalue weighted by Gasteiger charge is 2.40. The van der Waals surface area contributed by atoms with Gasteiger partial charge >= 0.3 is 5.97 Å². The molecule has 0 bridgehead atoms. The van der Waals surface area contributed by atoms with Crippen LogP contribution in [0.4, 0.5) is 0 Å². The second-order valence-corrected chi connectivity index (χ2v) is 6.41. The number of carboxylic acid groups (broad SMARTS) is 1.